The zero-order valence-electron chi connectivity index (χ0n) is 5.09. The van der Waals surface area contributed by atoms with Crippen molar-refractivity contribution in [2.24, 2.45) is 0 Å². The molecule has 3 heteroatoms. The van der Waals surface area contributed by atoms with Crippen molar-refractivity contribution in [3.8, 4) is 0 Å². The lowest BCUT2D eigenvalue weighted by Gasteiger charge is -1.78. The Kier molecular flexibility index (Phi) is 1.02. The minimum atomic E-state index is -0.309. The molecule has 0 N–H and O–H groups in total. The number of Topliss-reactive ketones (excluding diaryl/α,β-unsaturated/α-hetero) is 2. The van der Waals surface area contributed by atoms with E-state index in [9.17, 15) is 9.59 Å². The third-order valence-electron chi connectivity index (χ3n) is 1.59. The van der Waals surface area contributed by atoms with Gasteiger partial charge >= 0.3 is 0 Å². The highest BCUT2D eigenvalue weighted by Crippen LogP contribution is 2.22. The maximum absolute atomic E-state index is 10.9. The number of carbonyl (C=O) groups is 2. The van der Waals surface area contributed by atoms with Crippen LogP contribution >= 0.6 is 11.3 Å². The molecule has 0 aromatic carbocycles. The zero-order chi connectivity index (χ0) is 7.14. The van der Waals surface area contributed by atoms with E-state index in [4.69, 9.17) is 0 Å². The van der Waals surface area contributed by atoms with Crippen LogP contribution in [0.3, 0.4) is 0 Å². The fourth-order valence-electron chi connectivity index (χ4n) is 1.06. The minimum Gasteiger partial charge on any atom is -0.290 e. The van der Waals surface area contributed by atoms with Crippen LogP contribution in [0.25, 0.3) is 0 Å². The van der Waals surface area contributed by atoms with Gasteiger partial charge in [-0.1, -0.05) is 0 Å². The quantitative estimate of drug-likeness (QED) is 0.521. The van der Waals surface area contributed by atoms with Crippen molar-refractivity contribution in [2.75, 3.05) is 0 Å². The summed E-state index contributed by atoms with van der Waals surface area (Å²) in [5.41, 5.74) is 1.52. The fraction of sp³-hybridized carbons (Fsp3) is 0.143. The van der Waals surface area contributed by atoms with Gasteiger partial charge in [0.1, 0.15) is 0 Å². The third kappa shape index (κ3) is 0.580. The summed E-state index contributed by atoms with van der Waals surface area (Å²) in [7, 11) is 0. The van der Waals surface area contributed by atoms with Gasteiger partial charge in [0.2, 0.25) is 11.6 Å². The van der Waals surface area contributed by atoms with Crippen LogP contribution in [0.1, 0.15) is 15.9 Å². The van der Waals surface area contributed by atoms with Crippen LogP contribution in [0.15, 0.2) is 10.8 Å². The summed E-state index contributed by atoms with van der Waals surface area (Å²) < 4.78 is 0. The van der Waals surface area contributed by atoms with Crippen molar-refractivity contribution in [2.45, 2.75) is 6.42 Å². The predicted molar refractivity (Wildman–Crippen MR) is 37.4 cm³/mol. The number of ketones is 2. The van der Waals surface area contributed by atoms with Gasteiger partial charge in [0.05, 0.1) is 0 Å². The highest BCUT2D eigenvalue weighted by atomic mass is 32.1. The number of hydrogen-bond donors (Lipinski definition) is 0. The first-order valence-corrected chi connectivity index (χ1v) is 3.86. The first-order chi connectivity index (χ1) is 4.79. The fourth-order valence-corrected chi connectivity index (χ4v) is 1.90. The number of rotatable bonds is 0. The van der Waals surface area contributed by atoms with Gasteiger partial charge in [-0.05, 0) is 10.9 Å². The summed E-state index contributed by atoms with van der Waals surface area (Å²) in [6.45, 7) is 0. The average molecular weight is 152 g/mol. The molecule has 50 valence electrons. The van der Waals surface area contributed by atoms with E-state index in [2.05, 4.69) is 0 Å². The summed E-state index contributed by atoms with van der Waals surface area (Å²) in [5.74, 6) is -0.575. The minimum absolute atomic E-state index is 0.266. The van der Waals surface area contributed by atoms with E-state index in [1.165, 1.54) is 11.3 Å². The van der Waals surface area contributed by atoms with Crippen LogP contribution in [0.2, 0.25) is 0 Å². The molecular weight excluding hydrogens is 148 g/mol. The van der Waals surface area contributed by atoms with Crippen LogP contribution in [-0.4, -0.2) is 11.6 Å². The second kappa shape index (κ2) is 1.76. The highest BCUT2D eigenvalue weighted by Gasteiger charge is 2.28. The Morgan fingerprint density at radius 2 is 2.10 bits per heavy atom. The number of hydrogen-bond acceptors (Lipinski definition) is 3. The Bertz CT molecular complexity index is 311. The molecule has 0 saturated carbocycles. The first kappa shape index (κ1) is 5.80. The third-order valence-corrected chi connectivity index (χ3v) is 2.38. The molecule has 0 bridgehead atoms. The van der Waals surface area contributed by atoms with Gasteiger partial charge in [0.15, 0.2) is 0 Å². The monoisotopic (exact) mass is 152 g/mol. The van der Waals surface area contributed by atoms with Crippen molar-refractivity contribution in [3.63, 3.8) is 0 Å². The summed E-state index contributed by atoms with van der Waals surface area (Å²) in [4.78, 5) is 21.7. The lowest BCUT2D eigenvalue weighted by atomic mass is 10.2. The molecule has 1 aliphatic carbocycles. The van der Waals surface area contributed by atoms with E-state index < -0.39 is 0 Å². The van der Waals surface area contributed by atoms with E-state index >= 15 is 0 Å². The molecule has 0 fully saturated rings. The molecule has 0 aliphatic heterocycles. The predicted octanol–water partition coefficient (Wildman–Crippen LogP) is 1.06. The summed E-state index contributed by atoms with van der Waals surface area (Å²) in [6, 6.07) is 0. The van der Waals surface area contributed by atoms with E-state index in [-0.39, 0.29) is 11.6 Å². The first-order valence-electron chi connectivity index (χ1n) is 2.91. The molecule has 1 aromatic heterocycles. The molecule has 2 rings (SSSR count). The van der Waals surface area contributed by atoms with Gasteiger partial charge in [0, 0.05) is 17.4 Å². The van der Waals surface area contributed by atoms with Crippen LogP contribution < -0.4 is 0 Å². The maximum atomic E-state index is 10.9. The second-order valence-electron chi connectivity index (χ2n) is 2.24. The Morgan fingerprint density at radius 3 is 2.80 bits per heavy atom. The molecule has 0 radical (unpaired) electrons. The molecule has 1 aromatic rings. The highest BCUT2D eigenvalue weighted by molar-refractivity contribution is 7.08. The smallest absolute Gasteiger partial charge is 0.230 e. The maximum Gasteiger partial charge on any atom is 0.230 e. The van der Waals surface area contributed by atoms with Gasteiger partial charge in [-0.15, -0.1) is 0 Å². The molecular formula is C7H4O2S. The van der Waals surface area contributed by atoms with E-state index in [1.54, 1.807) is 5.38 Å². The average Bonchev–Trinajstić information content (AvgIpc) is 2.41. The zero-order valence-corrected chi connectivity index (χ0v) is 5.90. The van der Waals surface area contributed by atoms with E-state index in [0.717, 1.165) is 5.56 Å². The number of fused-ring (bicyclic) bond motifs is 1. The van der Waals surface area contributed by atoms with Crippen LogP contribution in [0, 0.1) is 0 Å². The SMILES string of the molecule is O=C1Cc2cscc2C1=O. The molecule has 2 nitrogen and oxygen atoms in total. The Balaban J connectivity index is 2.63. The molecule has 1 heterocycles. The molecule has 0 saturated heterocycles. The molecule has 10 heavy (non-hydrogen) atoms. The van der Waals surface area contributed by atoms with Gasteiger partial charge in [-0.2, -0.15) is 11.3 Å². The molecule has 0 amide bonds. The van der Waals surface area contributed by atoms with E-state index in [0.29, 0.717) is 12.0 Å². The van der Waals surface area contributed by atoms with Gasteiger partial charge in [-0.25, -0.2) is 0 Å². The molecule has 0 atom stereocenters. The standard InChI is InChI=1S/C7H4O2S/c8-6-1-4-2-10-3-5(4)7(6)9/h2-3H,1H2. The molecule has 0 spiro atoms. The summed E-state index contributed by atoms with van der Waals surface area (Å²) in [5, 5.41) is 3.60. The van der Waals surface area contributed by atoms with Crippen molar-refractivity contribution in [3.05, 3.63) is 21.9 Å². The van der Waals surface area contributed by atoms with Crippen LogP contribution in [0.5, 0.6) is 0 Å². The van der Waals surface area contributed by atoms with Gasteiger partial charge in [-0.3, -0.25) is 9.59 Å². The van der Waals surface area contributed by atoms with E-state index in [1.807, 2.05) is 5.38 Å². The largest absolute Gasteiger partial charge is 0.290 e. The topological polar surface area (TPSA) is 34.1 Å². The molecule has 0 unspecified atom stereocenters. The second-order valence-corrected chi connectivity index (χ2v) is 2.98. The lowest BCUT2D eigenvalue weighted by molar-refractivity contribution is -0.114. The number of thiophene rings is 1. The van der Waals surface area contributed by atoms with Crippen molar-refractivity contribution >= 4 is 22.9 Å². The Labute approximate surface area is 61.5 Å². The Morgan fingerprint density at radius 1 is 1.30 bits per heavy atom. The van der Waals surface area contributed by atoms with Crippen LogP contribution in [-0.2, 0) is 11.2 Å². The summed E-state index contributed by atoms with van der Waals surface area (Å²) in [6.07, 6.45) is 0.317. The van der Waals surface area contributed by atoms with Crippen molar-refractivity contribution in [1.82, 2.24) is 0 Å². The van der Waals surface area contributed by atoms with Crippen molar-refractivity contribution < 1.29 is 9.59 Å². The van der Waals surface area contributed by atoms with Gasteiger partial charge < -0.3 is 0 Å². The van der Waals surface area contributed by atoms with Gasteiger partial charge in [0.25, 0.3) is 0 Å². The van der Waals surface area contributed by atoms with Crippen molar-refractivity contribution in [1.29, 1.82) is 0 Å². The normalized spacial score (nSPS) is 16.0. The van der Waals surface area contributed by atoms with Crippen LogP contribution in [0.4, 0.5) is 0 Å². The Hall–Kier alpha value is -0.960. The lowest BCUT2D eigenvalue weighted by Crippen LogP contribution is -2.05. The number of carbonyl (C=O) groups excluding carboxylic acids is 2. The molecule has 1 aliphatic rings. The summed E-state index contributed by atoms with van der Waals surface area (Å²) >= 11 is 1.47.